The molecule has 1 aliphatic heterocycles. The van der Waals surface area contributed by atoms with E-state index in [9.17, 15) is 21.6 Å². The van der Waals surface area contributed by atoms with Crippen molar-refractivity contribution in [1.82, 2.24) is 9.03 Å². The molecule has 1 fully saturated rings. The Bertz CT molecular complexity index is 652. The standard InChI is InChI=1S/C15H30N2O6S2/c1-11(2)14(16-24(19,20)12(3)4)15(18)23-10-13(5)25(21,22)17-8-6-7-9-17/h11-14,16H,6-10H2,1-5H3/t13?,14-/m0/s1. The normalized spacial score (nSPS) is 19.3. The molecule has 25 heavy (non-hydrogen) atoms. The van der Waals surface area contributed by atoms with Gasteiger partial charge in [-0.1, -0.05) is 13.8 Å². The average molecular weight is 399 g/mol. The molecule has 1 heterocycles. The van der Waals surface area contributed by atoms with E-state index in [0.717, 1.165) is 12.8 Å². The van der Waals surface area contributed by atoms with Gasteiger partial charge in [0.1, 0.15) is 17.9 Å². The van der Waals surface area contributed by atoms with E-state index in [2.05, 4.69) is 4.72 Å². The highest BCUT2D eigenvalue weighted by atomic mass is 32.2. The largest absolute Gasteiger partial charge is 0.463 e. The zero-order valence-corrected chi connectivity index (χ0v) is 17.2. The van der Waals surface area contributed by atoms with E-state index in [-0.39, 0.29) is 12.5 Å². The van der Waals surface area contributed by atoms with Crippen LogP contribution >= 0.6 is 0 Å². The van der Waals surface area contributed by atoms with Crippen molar-refractivity contribution in [1.29, 1.82) is 0 Å². The molecular weight excluding hydrogens is 368 g/mol. The van der Waals surface area contributed by atoms with Gasteiger partial charge in [0.15, 0.2) is 0 Å². The van der Waals surface area contributed by atoms with Crippen LogP contribution in [0.3, 0.4) is 0 Å². The molecule has 1 aliphatic rings. The first-order valence-corrected chi connectivity index (χ1v) is 11.6. The summed E-state index contributed by atoms with van der Waals surface area (Å²) in [4.78, 5) is 12.3. The Labute approximate surface area is 151 Å². The van der Waals surface area contributed by atoms with Crippen molar-refractivity contribution >= 4 is 26.0 Å². The van der Waals surface area contributed by atoms with Crippen molar-refractivity contribution in [2.24, 2.45) is 5.92 Å². The summed E-state index contributed by atoms with van der Waals surface area (Å²) in [6, 6.07) is -1.05. The summed E-state index contributed by atoms with van der Waals surface area (Å²) in [6.07, 6.45) is 1.66. The number of carbonyl (C=O) groups excluding carboxylic acids is 1. The molecular formula is C15H30N2O6S2. The SMILES string of the molecule is CC(C)[C@H](NS(=O)(=O)C(C)C)C(=O)OCC(C)S(=O)(=O)N1CCCC1. The number of sulfonamides is 2. The van der Waals surface area contributed by atoms with Crippen LogP contribution in [0.5, 0.6) is 0 Å². The molecule has 0 bridgehead atoms. The van der Waals surface area contributed by atoms with Crippen LogP contribution in [0.25, 0.3) is 0 Å². The molecule has 10 heteroatoms. The fourth-order valence-electron chi connectivity index (χ4n) is 2.34. The Morgan fingerprint density at radius 1 is 1.04 bits per heavy atom. The Kier molecular flexibility index (Phi) is 7.85. The van der Waals surface area contributed by atoms with Crippen LogP contribution in [0.4, 0.5) is 0 Å². The number of hydrogen-bond acceptors (Lipinski definition) is 6. The molecule has 1 saturated heterocycles. The summed E-state index contributed by atoms with van der Waals surface area (Å²) in [6.45, 7) is 8.57. The van der Waals surface area contributed by atoms with Gasteiger partial charge in [0, 0.05) is 13.1 Å². The Morgan fingerprint density at radius 2 is 1.56 bits per heavy atom. The fourth-order valence-corrected chi connectivity index (χ4v) is 4.85. The Morgan fingerprint density at radius 3 is 2.00 bits per heavy atom. The minimum atomic E-state index is -3.64. The molecule has 1 rings (SSSR count). The minimum Gasteiger partial charge on any atom is -0.463 e. The second-order valence-corrected chi connectivity index (χ2v) is 11.6. The van der Waals surface area contributed by atoms with Crippen molar-refractivity contribution in [3.05, 3.63) is 0 Å². The molecule has 1 unspecified atom stereocenters. The van der Waals surface area contributed by atoms with Gasteiger partial charge >= 0.3 is 5.97 Å². The molecule has 2 atom stereocenters. The van der Waals surface area contributed by atoms with Gasteiger partial charge in [0.2, 0.25) is 20.0 Å². The molecule has 0 aromatic rings. The van der Waals surface area contributed by atoms with Gasteiger partial charge in [-0.25, -0.2) is 25.9 Å². The first-order valence-electron chi connectivity index (χ1n) is 8.56. The van der Waals surface area contributed by atoms with Gasteiger partial charge < -0.3 is 4.74 Å². The summed E-state index contributed by atoms with van der Waals surface area (Å²) in [7, 11) is -7.16. The highest BCUT2D eigenvalue weighted by molar-refractivity contribution is 7.90. The van der Waals surface area contributed by atoms with E-state index >= 15 is 0 Å². The molecule has 0 aliphatic carbocycles. The van der Waals surface area contributed by atoms with Crippen molar-refractivity contribution < 1.29 is 26.4 Å². The van der Waals surface area contributed by atoms with Gasteiger partial charge in [-0.2, -0.15) is 0 Å². The van der Waals surface area contributed by atoms with Crippen LogP contribution in [0.1, 0.15) is 47.5 Å². The quantitative estimate of drug-likeness (QED) is 0.573. The van der Waals surface area contributed by atoms with E-state index < -0.39 is 42.6 Å². The highest BCUT2D eigenvalue weighted by Gasteiger charge is 2.34. The van der Waals surface area contributed by atoms with E-state index in [0.29, 0.717) is 13.1 Å². The van der Waals surface area contributed by atoms with Crippen LogP contribution in [-0.4, -0.2) is 63.3 Å². The summed E-state index contributed by atoms with van der Waals surface area (Å²) in [5.74, 6) is -1.09. The number of ether oxygens (including phenoxy) is 1. The molecule has 1 N–H and O–H groups in total. The van der Waals surface area contributed by atoms with Crippen LogP contribution in [0.2, 0.25) is 0 Å². The maximum absolute atomic E-state index is 12.4. The number of hydrogen-bond donors (Lipinski definition) is 1. The van der Waals surface area contributed by atoms with Gasteiger partial charge in [0.05, 0.1) is 5.25 Å². The Balaban J connectivity index is 2.71. The van der Waals surface area contributed by atoms with Crippen molar-refractivity contribution in [2.45, 2.75) is 64.0 Å². The van der Waals surface area contributed by atoms with E-state index in [1.54, 1.807) is 13.8 Å². The third kappa shape index (κ3) is 5.90. The summed E-state index contributed by atoms with van der Waals surface area (Å²) in [5.41, 5.74) is 0. The summed E-state index contributed by atoms with van der Waals surface area (Å²) >= 11 is 0. The molecule has 0 amide bonds. The van der Waals surface area contributed by atoms with Gasteiger partial charge in [-0.3, -0.25) is 4.79 Å². The minimum absolute atomic E-state index is 0.301. The molecule has 0 aromatic carbocycles. The third-order valence-corrected chi connectivity index (χ3v) is 8.29. The van der Waals surface area contributed by atoms with Crippen molar-refractivity contribution in [2.75, 3.05) is 19.7 Å². The van der Waals surface area contributed by atoms with Gasteiger partial charge in [-0.05, 0) is 39.5 Å². The zero-order valence-electron chi connectivity index (χ0n) is 15.6. The van der Waals surface area contributed by atoms with E-state index in [1.165, 1.54) is 25.1 Å². The van der Waals surface area contributed by atoms with E-state index in [4.69, 9.17) is 4.74 Å². The second kappa shape index (κ2) is 8.79. The predicted molar refractivity (Wildman–Crippen MR) is 96.0 cm³/mol. The molecule has 0 radical (unpaired) electrons. The topological polar surface area (TPSA) is 110 Å². The lowest BCUT2D eigenvalue weighted by molar-refractivity contribution is -0.146. The monoisotopic (exact) mass is 398 g/mol. The fraction of sp³-hybridized carbons (Fsp3) is 0.933. The van der Waals surface area contributed by atoms with Crippen LogP contribution in [0, 0.1) is 5.92 Å². The smallest absolute Gasteiger partial charge is 0.324 e. The zero-order chi connectivity index (χ0) is 19.4. The number of nitrogens with one attached hydrogen (secondary N) is 1. The van der Waals surface area contributed by atoms with Crippen LogP contribution < -0.4 is 4.72 Å². The molecule has 0 spiro atoms. The van der Waals surface area contributed by atoms with E-state index in [1.807, 2.05) is 0 Å². The lowest BCUT2D eigenvalue weighted by Crippen LogP contribution is -2.48. The maximum Gasteiger partial charge on any atom is 0.324 e. The predicted octanol–water partition coefficient (Wildman–Crippen LogP) is 0.696. The van der Waals surface area contributed by atoms with Crippen LogP contribution in [-0.2, 0) is 29.6 Å². The molecule has 0 aromatic heterocycles. The van der Waals surface area contributed by atoms with Crippen LogP contribution in [0.15, 0.2) is 0 Å². The second-order valence-electron chi connectivity index (χ2n) is 7.03. The summed E-state index contributed by atoms with van der Waals surface area (Å²) < 4.78 is 57.7. The lowest BCUT2D eigenvalue weighted by atomic mass is 10.1. The number of esters is 1. The first-order chi connectivity index (χ1) is 11.4. The van der Waals surface area contributed by atoms with Crippen molar-refractivity contribution in [3.63, 3.8) is 0 Å². The Hall–Kier alpha value is -0.710. The molecule has 8 nitrogen and oxygen atoms in total. The number of carbonyl (C=O) groups is 1. The molecule has 148 valence electrons. The summed E-state index contributed by atoms with van der Waals surface area (Å²) in [5, 5.41) is -1.56. The average Bonchev–Trinajstić information content (AvgIpc) is 3.04. The number of rotatable bonds is 9. The third-order valence-electron chi connectivity index (χ3n) is 4.23. The first kappa shape index (κ1) is 22.3. The highest BCUT2D eigenvalue weighted by Crippen LogP contribution is 2.17. The lowest BCUT2D eigenvalue weighted by Gasteiger charge is -2.24. The van der Waals surface area contributed by atoms with Gasteiger partial charge in [-0.15, -0.1) is 0 Å². The number of nitrogens with zero attached hydrogens (tertiary/aromatic N) is 1. The van der Waals surface area contributed by atoms with Gasteiger partial charge in [0.25, 0.3) is 0 Å². The van der Waals surface area contributed by atoms with Crippen molar-refractivity contribution in [3.8, 4) is 0 Å². The maximum atomic E-state index is 12.4. The molecule has 0 saturated carbocycles.